The number of anilines is 1. The maximum atomic E-state index is 11.6. The van der Waals surface area contributed by atoms with E-state index in [2.05, 4.69) is 24.0 Å². The van der Waals surface area contributed by atoms with Gasteiger partial charge in [0.15, 0.2) is 0 Å². The van der Waals surface area contributed by atoms with Crippen LogP contribution < -0.4 is 4.90 Å². The van der Waals surface area contributed by atoms with Crippen molar-refractivity contribution in [2.24, 2.45) is 0 Å². The van der Waals surface area contributed by atoms with Crippen LogP contribution in [-0.2, 0) is 16.1 Å². The number of alkyl halides is 1. The lowest BCUT2D eigenvalue weighted by Gasteiger charge is -2.28. The van der Waals surface area contributed by atoms with Crippen LogP contribution in [0.3, 0.4) is 0 Å². The third kappa shape index (κ3) is 6.45. The Kier molecular flexibility index (Phi) is 9.20. The number of nitrogens with zero attached hydrogens (tertiary/aromatic N) is 1. The van der Waals surface area contributed by atoms with Crippen LogP contribution in [0.25, 0.3) is 0 Å². The number of benzene rings is 1. The van der Waals surface area contributed by atoms with Crippen LogP contribution >= 0.6 is 22.9 Å². The second-order valence-corrected chi connectivity index (χ2v) is 9.67. The van der Waals surface area contributed by atoms with E-state index in [0.717, 1.165) is 54.8 Å². The summed E-state index contributed by atoms with van der Waals surface area (Å²) in [6, 6.07) is 11.9. The topological polar surface area (TPSA) is 59.0 Å². The smallest absolute Gasteiger partial charge is 0.348 e. The number of methoxy groups -OCH3 is 1. The molecular formula is C24H32ClNO4S. The number of rotatable bonds is 11. The van der Waals surface area contributed by atoms with E-state index in [1.54, 1.807) is 6.07 Å². The quantitative estimate of drug-likeness (QED) is 0.268. The Hall–Kier alpha value is -1.60. The molecule has 1 aliphatic rings. The van der Waals surface area contributed by atoms with E-state index in [0.29, 0.717) is 18.1 Å². The number of aliphatic hydroxyl groups excluding tert-OH is 1. The number of hydrogen-bond donors (Lipinski definition) is 1. The van der Waals surface area contributed by atoms with E-state index in [-0.39, 0.29) is 17.4 Å². The molecule has 2 heterocycles. The summed E-state index contributed by atoms with van der Waals surface area (Å²) in [6.07, 6.45) is 4.66. The molecule has 0 saturated carbocycles. The molecule has 1 fully saturated rings. The number of thiophene rings is 1. The summed E-state index contributed by atoms with van der Waals surface area (Å²) < 4.78 is 10.7. The molecule has 1 aromatic heterocycles. The Morgan fingerprint density at radius 1 is 1.26 bits per heavy atom. The lowest BCUT2D eigenvalue weighted by Crippen LogP contribution is -2.37. The average Bonchev–Trinajstić information content (AvgIpc) is 3.40. The van der Waals surface area contributed by atoms with Crippen LogP contribution in [0.15, 0.2) is 36.4 Å². The first-order chi connectivity index (χ1) is 15.0. The molecule has 0 spiro atoms. The third-order valence-electron chi connectivity index (χ3n) is 5.74. The van der Waals surface area contributed by atoms with E-state index in [4.69, 9.17) is 21.1 Å². The van der Waals surface area contributed by atoms with Crippen molar-refractivity contribution in [2.45, 2.75) is 63.2 Å². The highest BCUT2D eigenvalue weighted by molar-refractivity contribution is 7.13. The first-order valence-corrected chi connectivity index (χ1v) is 12.2. The van der Waals surface area contributed by atoms with Crippen molar-refractivity contribution in [1.29, 1.82) is 0 Å². The van der Waals surface area contributed by atoms with Gasteiger partial charge >= 0.3 is 5.97 Å². The zero-order chi connectivity index (χ0) is 22.2. The molecule has 5 nitrogen and oxygen atoms in total. The highest BCUT2D eigenvalue weighted by Crippen LogP contribution is 2.31. The van der Waals surface area contributed by atoms with Gasteiger partial charge in [-0.3, -0.25) is 0 Å². The summed E-state index contributed by atoms with van der Waals surface area (Å²) in [5.74, 6) is -0.321. The fraction of sp³-hybridized carbons (Fsp3) is 0.542. The van der Waals surface area contributed by atoms with Crippen LogP contribution in [0.2, 0.25) is 0 Å². The van der Waals surface area contributed by atoms with Crippen LogP contribution in [0.5, 0.6) is 0 Å². The van der Waals surface area contributed by atoms with E-state index < -0.39 is 6.10 Å². The van der Waals surface area contributed by atoms with Crippen LogP contribution in [0.1, 0.15) is 65.2 Å². The van der Waals surface area contributed by atoms with Gasteiger partial charge in [-0.25, -0.2) is 4.79 Å². The van der Waals surface area contributed by atoms with Gasteiger partial charge in [0.05, 0.1) is 37.8 Å². The highest BCUT2D eigenvalue weighted by atomic mass is 35.5. The molecule has 3 rings (SSSR count). The molecule has 2 aromatic rings. The molecule has 1 aromatic carbocycles. The van der Waals surface area contributed by atoms with Gasteiger partial charge in [0, 0.05) is 17.1 Å². The zero-order valence-corrected chi connectivity index (χ0v) is 19.8. The summed E-state index contributed by atoms with van der Waals surface area (Å²) in [5, 5.41) is 10.4. The molecule has 1 saturated heterocycles. The normalized spacial score (nSPS) is 19.5. The molecule has 0 radical (unpaired) electrons. The van der Waals surface area contributed by atoms with Gasteiger partial charge in [0.1, 0.15) is 4.88 Å². The molecule has 170 valence electrons. The standard InChI is InChI=1S/C24H32ClNO4S/c1-3-4-5-6-22(27)17-7-9-18(10-8-17)26-14-13-20(25)21(26)16-30-15-19-11-12-23(31-19)24(28)29-2/h7-12,20-22,27H,3-6,13-16H2,1-2H3/t20-,21+,22?/m1/s1. The molecule has 1 N–H and O–H groups in total. The van der Waals surface area contributed by atoms with Crippen LogP contribution in [-0.4, -0.2) is 42.8 Å². The summed E-state index contributed by atoms with van der Waals surface area (Å²) in [5.41, 5.74) is 2.07. The second kappa shape index (κ2) is 11.9. The van der Waals surface area contributed by atoms with E-state index in [1.165, 1.54) is 18.4 Å². The number of halogens is 1. The maximum Gasteiger partial charge on any atom is 0.348 e. The average molecular weight is 466 g/mol. The fourth-order valence-electron chi connectivity index (χ4n) is 3.92. The Bertz CT molecular complexity index is 825. The number of carbonyl (C=O) groups is 1. The predicted octanol–water partition coefficient (Wildman–Crippen LogP) is 5.55. The molecule has 3 atom stereocenters. The lowest BCUT2D eigenvalue weighted by molar-refractivity contribution is 0.0606. The second-order valence-electron chi connectivity index (χ2n) is 7.94. The molecule has 0 amide bonds. The Morgan fingerprint density at radius 3 is 2.74 bits per heavy atom. The third-order valence-corrected chi connectivity index (χ3v) is 7.28. The molecular weight excluding hydrogens is 434 g/mol. The van der Waals surface area contributed by atoms with Crippen molar-refractivity contribution < 1.29 is 19.4 Å². The molecule has 0 bridgehead atoms. The summed E-state index contributed by atoms with van der Waals surface area (Å²) >= 11 is 7.99. The van der Waals surface area contributed by atoms with Gasteiger partial charge < -0.3 is 19.5 Å². The SMILES string of the molecule is CCCCCC(O)c1ccc(N2CC[C@@H](Cl)[C@@H]2COCc2ccc(C(=O)OC)s2)cc1. The Morgan fingerprint density at radius 2 is 2.03 bits per heavy atom. The Balaban J connectivity index is 1.55. The Labute approximate surface area is 193 Å². The number of ether oxygens (including phenoxy) is 2. The number of unbranched alkanes of at least 4 members (excludes halogenated alkanes) is 2. The lowest BCUT2D eigenvalue weighted by atomic mass is 10.0. The van der Waals surface area contributed by atoms with E-state index >= 15 is 0 Å². The zero-order valence-electron chi connectivity index (χ0n) is 18.3. The van der Waals surface area contributed by atoms with Gasteiger partial charge in [-0.1, -0.05) is 38.3 Å². The first-order valence-electron chi connectivity index (χ1n) is 11.0. The summed E-state index contributed by atoms with van der Waals surface area (Å²) in [6.45, 7) is 4.01. The predicted molar refractivity (Wildman–Crippen MR) is 126 cm³/mol. The van der Waals surface area contributed by atoms with Crippen molar-refractivity contribution >= 4 is 34.6 Å². The number of aliphatic hydroxyl groups is 1. The number of hydrogen-bond acceptors (Lipinski definition) is 6. The maximum absolute atomic E-state index is 11.6. The van der Waals surface area contributed by atoms with Gasteiger partial charge in [-0.15, -0.1) is 22.9 Å². The molecule has 0 aliphatic carbocycles. The minimum atomic E-state index is -0.403. The van der Waals surface area contributed by atoms with Crippen molar-refractivity contribution in [3.05, 3.63) is 51.7 Å². The van der Waals surface area contributed by atoms with Gasteiger partial charge in [0.2, 0.25) is 0 Å². The van der Waals surface area contributed by atoms with Crippen LogP contribution in [0.4, 0.5) is 5.69 Å². The van der Waals surface area contributed by atoms with Gasteiger partial charge in [-0.05, 0) is 42.7 Å². The van der Waals surface area contributed by atoms with Crippen LogP contribution in [0, 0.1) is 0 Å². The van der Waals surface area contributed by atoms with Crippen molar-refractivity contribution in [3.63, 3.8) is 0 Å². The number of esters is 1. The molecule has 1 unspecified atom stereocenters. The highest BCUT2D eigenvalue weighted by Gasteiger charge is 2.33. The monoisotopic (exact) mass is 465 g/mol. The fourth-order valence-corrected chi connectivity index (χ4v) is 5.09. The summed E-state index contributed by atoms with van der Waals surface area (Å²) in [7, 11) is 1.38. The van der Waals surface area contributed by atoms with Gasteiger partial charge in [0.25, 0.3) is 0 Å². The minimum absolute atomic E-state index is 0.0216. The molecule has 31 heavy (non-hydrogen) atoms. The van der Waals surface area contributed by atoms with Gasteiger partial charge in [-0.2, -0.15) is 0 Å². The van der Waals surface area contributed by atoms with Crippen molar-refractivity contribution in [3.8, 4) is 0 Å². The van der Waals surface area contributed by atoms with E-state index in [1.807, 2.05) is 18.2 Å². The largest absolute Gasteiger partial charge is 0.465 e. The van der Waals surface area contributed by atoms with E-state index in [9.17, 15) is 9.90 Å². The first kappa shape index (κ1) is 24.1. The van der Waals surface area contributed by atoms with Crippen molar-refractivity contribution in [1.82, 2.24) is 0 Å². The van der Waals surface area contributed by atoms with Crippen molar-refractivity contribution in [2.75, 3.05) is 25.2 Å². The minimum Gasteiger partial charge on any atom is -0.465 e. The number of carbonyl (C=O) groups excluding carboxylic acids is 1. The summed E-state index contributed by atoms with van der Waals surface area (Å²) in [4.78, 5) is 15.4. The molecule has 7 heteroatoms. The molecule has 1 aliphatic heterocycles.